The van der Waals surface area contributed by atoms with E-state index in [4.69, 9.17) is 16.2 Å². The fourth-order valence-electron chi connectivity index (χ4n) is 1.43. The highest BCUT2D eigenvalue weighted by molar-refractivity contribution is 5.93. The average Bonchev–Trinajstić information content (AvgIpc) is 2.46. The predicted molar refractivity (Wildman–Crippen MR) is 93.8 cm³/mol. The molecule has 8 nitrogen and oxygen atoms in total. The summed E-state index contributed by atoms with van der Waals surface area (Å²) in [7, 11) is 3.48. The number of carbonyl (C=O) groups excluding carboxylic acids is 1. The molecule has 0 unspecified atom stereocenters. The Hall–Kier alpha value is -2.77. The maximum atomic E-state index is 11.8. The number of hydrogen-bond donors (Lipinski definition) is 3. The average molecular weight is 335 g/mol. The Morgan fingerprint density at radius 1 is 1.29 bits per heavy atom. The van der Waals surface area contributed by atoms with E-state index >= 15 is 0 Å². The molecule has 0 spiro atoms. The van der Waals surface area contributed by atoms with Crippen LogP contribution in [0.1, 0.15) is 26.3 Å². The van der Waals surface area contributed by atoms with E-state index in [-0.39, 0.29) is 30.0 Å². The Balaban J connectivity index is 2.82. The van der Waals surface area contributed by atoms with Gasteiger partial charge in [-0.15, -0.1) is 0 Å². The monoisotopic (exact) mass is 335 g/mol. The van der Waals surface area contributed by atoms with E-state index in [1.165, 1.54) is 12.1 Å². The van der Waals surface area contributed by atoms with E-state index in [1.807, 2.05) is 0 Å². The Labute approximate surface area is 141 Å². The molecular formula is C16H25N5O3. The summed E-state index contributed by atoms with van der Waals surface area (Å²) in [5.74, 6) is -0.200. The van der Waals surface area contributed by atoms with Gasteiger partial charge in [0.15, 0.2) is 17.5 Å². The number of phenols is 1. The molecule has 1 rings (SSSR count). The first-order valence-electron chi connectivity index (χ1n) is 7.36. The second kappa shape index (κ2) is 7.67. The van der Waals surface area contributed by atoms with E-state index in [1.54, 1.807) is 45.8 Å². The van der Waals surface area contributed by atoms with Crippen LogP contribution in [0.5, 0.6) is 11.5 Å². The summed E-state index contributed by atoms with van der Waals surface area (Å²) in [5.41, 5.74) is 11.3. The van der Waals surface area contributed by atoms with Gasteiger partial charge in [-0.1, -0.05) is 6.07 Å². The topological polar surface area (TPSA) is 127 Å². The van der Waals surface area contributed by atoms with Crippen LogP contribution in [0.2, 0.25) is 0 Å². The van der Waals surface area contributed by atoms with Crippen molar-refractivity contribution in [3.8, 4) is 11.5 Å². The third kappa shape index (κ3) is 5.79. The molecule has 0 saturated carbocycles. The molecule has 0 fully saturated rings. The molecule has 24 heavy (non-hydrogen) atoms. The number of rotatable bonds is 3. The van der Waals surface area contributed by atoms with E-state index in [9.17, 15) is 9.90 Å². The third-order valence-electron chi connectivity index (χ3n) is 2.95. The first kappa shape index (κ1) is 19.3. The lowest BCUT2D eigenvalue weighted by Gasteiger charge is -2.17. The van der Waals surface area contributed by atoms with Gasteiger partial charge in [-0.05, 0) is 38.5 Å². The second-order valence-corrected chi connectivity index (χ2v) is 6.48. The summed E-state index contributed by atoms with van der Waals surface area (Å²) < 4.78 is 5.18. The maximum Gasteiger partial charge on any atom is 0.316 e. The lowest BCUT2D eigenvalue weighted by atomic mass is 9.97. The molecule has 0 atom stereocenters. The van der Waals surface area contributed by atoms with Gasteiger partial charge in [0.2, 0.25) is 5.96 Å². The van der Waals surface area contributed by atoms with Crippen molar-refractivity contribution in [2.75, 3.05) is 14.1 Å². The summed E-state index contributed by atoms with van der Waals surface area (Å²) in [6.45, 7) is 5.41. The molecule has 0 aliphatic rings. The predicted octanol–water partition coefficient (Wildman–Crippen LogP) is 1.03. The largest absolute Gasteiger partial charge is 0.504 e. The third-order valence-corrected chi connectivity index (χ3v) is 2.95. The number of aliphatic imine (C=N–C) groups is 2. The minimum absolute atomic E-state index is 0.0314. The molecule has 0 aliphatic carbocycles. The van der Waals surface area contributed by atoms with Gasteiger partial charge < -0.3 is 26.2 Å². The SMILES string of the molecule is CN(C)/C(N)=N/C(N)=NCc1ccc(OC(=O)C(C)(C)C)c(O)c1. The molecule has 0 radical (unpaired) electrons. The molecule has 0 heterocycles. The van der Waals surface area contributed by atoms with Gasteiger partial charge in [-0.3, -0.25) is 4.79 Å². The zero-order chi connectivity index (χ0) is 18.5. The van der Waals surface area contributed by atoms with Crippen molar-refractivity contribution in [1.29, 1.82) is 0 Å². The van der Waals surface area contributed by atoms with Gasteiger partial charge in [-0.2, -0.15) is 4.99 Å². The van der Waals surface area contributed by atoms with Crippen LogP contribution in [0.4, 0.5) is 0 Å². The Morgan fingerprint density at radius 3 is 2.42 bits per heavy atom. The molecule has 0 aromatic heterocycles. The number of benzene rings is 1. The zero-order valence-corrected chi connectivity index (χ0v) is 14.7. The zero-order valence-electron chi connectivity index (χ0n) is 14.7. The number of ether oxygens (including phenoxy) is 1. The number of guanidine groups is 2. The summed E-state index contributed by atoms with van der Waals surface area (Å²) in [6, 6.07) is 4.65. The van der Waals surface area contributed by atoms with Crippen LogP contribution in [0.15, 0.2) is 28.2 Å². The van der Waals surface area contributed by atoms with Crippen molar-refractivity contribution in [1.82, 2.24) is 4.90 Å². The highest BCUT2D eigenvalue weighted by atomic mass is 16.5. The molecule has 0 saturated heterocycles. The standard InChI is InChI=1S/C16H25N5O3/c1-16(2,3)13(23)24-12-7-6-10(8-11(12)22)9-19-14(17)20-15(18)21(4)5/h6-8,22H,9H2,1-5H3,(H4,17,18,19,20). The first-order valence-corrected chi connectivity index (χ1v) is 7.36. The number of carbonyl (C=O) groups is 1. The van der Waals surface area contributed by atoms with E-state index in [0.29, 0.717) is 5.56 Å². The lowest BCUT2D eigenvalue weighted by molar-refractivity contribution is -0.143. The van der Waals surface area contributed by atoms with Crippen molar-refractivity contribution < 1.29 is 14.6 Å². The second-order valence-electron chi connectivity index (χ2n) is 6.48. The Morgan fingerprint density at radius 2 is 1.92 bits per heavy atom. The number of esters is 1. The molecule has 0 bridgehead atoms. The minimum Gasteiger partial charge on any atom is -0.504 e. The van der Waals surface area contributed by atoms with Crippen molar-refractivity contribution in [2.24, 2.45) is 26.9 Å². The summed E-state index contributed by atoms with van der Waals surface area (Å²) in [6.07, 6.45) is 0. The van der Waals surface area contributed by atoms with Crippen LogP contribution in [0.3, 0.4) is 0 Å². The normalized spacial score (nSPS) is 12.9. The smallest absolute Gasteiger partial charge is 0.316 e. The number of nitrogens with two attached hydrogens (primary N) is 2. The molecule has 8 heteroatoms. The molecular weight excluding hydrogens is 310 g/mol. The summed E-state index contributed by atoms with van der Waals surface area (Å²) in [4.78, 5) is 21.4. The summed E-state index contributed by atoms with van der Waals surface area (Å²) >= 11 is 0. The highest BCUT2D eigenvalue weighted by Gasteiger charge is 2.24. The van der Waals surface area contributed by atoms with Gasteiger partial charge >= 0.3 is 5.97 Å². The summed E-state index contributed by atoms with van der Waals surface area (Å²) in [5, 5.41) is 9.98. The van der Waals surface area contributed by atoms with Gasteiger partial charge in [0, 0.05) is 14.1 Å². The number of hydrogen-bond acceptors (Lipinski definition) is 4. The lowest BCUT2D eigenvalue weighted by Crippen LogP contribution is -2.32. The molecule has 0 amide bonds. The molecule has 1 aromatic rings. The maximum absolute atomic E-state index is 11.8. The van der Waals surface area contributed by atoms with Gasteiger partial charge in [0.25, 0.3) is 0 Å². The van der Waals surface area contributed by atoms with Crippen LogP contribution in [-0.2, 0) is 11.3 Å². The number of aromatic hydroxyl groups is 1. The van der Waals surface area contributed by atoms with Crippen LogP contribution < -0.4 is 16.2 Å². The molecule has 132 valence electrons. The van der Waals surface area contributed by atoms with Crippen LogP contribution >= 0.6 is 0 Å². The van der Waals surface area contributed by atoms with Crippen LogP contribution in [0, 0.1) is 5.41 Å². The fraction of sp³-hybridized carbons (Fsp3) is 0.438. The highest BCUT2D eigenvalue weighted by Crippen LogP contribution is 2.29. The van der Waals surface area contributed by atoms with Gasteiger partial charge in [-0.25, -0.2) is 4.99 Å². The minimum atomic E-state index is -0.659. The Bertz CT molecular complexity index is 660. The fourth-order valence-corrected chi connectivity index (χ4v) is 1.43. The van der Waals surface area contributed by atoms with Gasteiger partial charge in [0.1, 0.15) is 0 Å². The molecule has 5 N–H and O–H groups in total. The van der Waals surface area contributed by atoms with Gasteiger partial charge in [0.05, 0.1) is 12.0 Å². The molecule has 1 aromatic carbocycles. The molecule has 0 aliphatic heterocycles. The Kier molecular flexibility index (Phi) is 6.16. The van der Waals surface area contributed by atoms with E-state index in [0.717, 1.165) is 0 Å². The van der Waals surface area contributed by atoms with Crippen LogP contribution in [0.25, 0.3) is 0 Å². The first-order chi connectivity index (χ1) is 11.0. The van der Waals surface area contributed by atoms with Crippen molar-refractivity contribution in [3.63, 3.8) is 0 Å². The van der Waals surface area contributed by atoms with Crippen molar-refractivity contribution in [2.45, 2.75) is 27.3 Å². The van der Waals surface area contributed by atoms with Crippen molar-refractivity contribution >= 4 is 17.9 Å². The quantitative estimate of drug-likeness (QED) is 0.328. The van der Waals surface area contributed by atoms with Crippen LogP contribution in [-0.4, -0.2) is 42.0 Å². The number of nitrogens with zero attached hydrogens (tertiary/aromatic N) is 3. The van der Waals surface area contributed by atoms with E-state index < -0.39 is 11.4 Å². The number of phenolic OH excluding ortho intramolecular Hbond substituents is 1. The van der Waals surface area contributed by atoms with Crippen molar-refractivity contribution in [3.05, 3.63) is 23.8 Å². The van der Waals surface area contributed by atoms with E-state index in [2.05, 4.69) is 9.98 Å².